The Balaban J connectivity index is 2.19. The van der Waals surface area contributed by atoms with Gasteiger partial charge in [-0.3, -0.25) is 20.2 Å². The van der Waals surface area contributed by atoms with Crippen molar-refractivity contribution in [2.24, 2.45) is 0 Å². The van der Waals surface area contributed by atoms with Gasteiger partial charge in [-0.25, -0.2) is 0 Å². The van der Waals surface area contributed by atoms with Gasteiger partial charge in [0.2, 0.25) is 0 Å². The standard InChI is InChI=1S/C14H10N4O4/c15-8-10-1-3-11(4-2-10)9-16-13-6-5-12(17(19)20)7-14(13)18(21)22/h1-7,16H,9H2. The van der Waals surface area contributed by atoms with E-state index >= 15 is 0 Å². The highest BCUT2D eigenvalue weighted by molar-refractivity contribution is 5.65. The number of nitro benzene ring substituents is 2. The molecule has 2 aromatic rings. The maximum atomic E-state index is 11.0. The van der Waals surface area contributed by atoms with Crippen LogP contribution in [0.2, 0.25) is 0 Å². The van der Waals surface area contributed by atoms with E-state index in [-0.39, 0.29) is 17.1 Å². The number of nitrogens with zero attached hydrogens (tertiary/aromatic N) is 3. The molecule has 2 aromatic carbocycles. The van der Waals surface area contributed by atoms with Gasteiger partial charge in [0.15, 0.2) is 0 Å². The molecule has 0 aromatic heterocycles. The highest BCUT2D eigenvalue weighted by atomic mass is 16.6. The van der Waals surface area contributed by atoms with Gasteiger partial charge in [-0.1, -0.05) is 12.1 Å². The summed E-state index contributed by atoms with van der Waals surface area (Å²) in [5.41, 5.74) is 0.843. The second-order valence-electron chi connectivity index (χ2n) is 4.38. The minimum Gasteiger partial charge on any atom is -0.375 e. The normalized spacial score (nSPS) is 9.77. The van der Waals surface area contributed by atoms with E-state index in [2.05, 4.69) is 5.32 Å². The number of rotatable bonds is 5. The average Bonchev–Trinajstić information content (AvgIpc) is 2.53. The Morgan fingerprint density at radius 1 is 1.05 bits per heavy atom. The Hall–Kier alpha value is -3.47. The van der Waals surface area contributed by atoms with Gasteiger partial charge >= 0.3 is 0 Å². The molecule has 0 aliphatic carbocycles. The van der Waals surface area contributed by atoms with Crippen LogP contribution in [0.1, 0.15) is 11.1 Å². The molecular weight excluding hydrogens is 288 g/mol. The van der Waals surface area contributed by atoms with Crippen molar-refractivity contribution >= 4 is 17.1 Å². The van der Waals surface area contributed by atoms with Crippen LogP contribution in [0.15, 0.2) is 42.5 Å². The lowest BCUT2D eigenvalue weighted by molar-refractivity contribution is -0.393. The third-order valence-corrected chi connectivity index (χ3v) is 2.95. The smallest absolute Gasteiger partial charge is 0.299 e. The molecule has 0 saturated heterocycles. The number of nitrogens with one attached hydrogen (secondary N) is 1. The van der Waals surface area contributed by atoms with Crippen molar-refractivity contribution in [1.29, 1.82) is 5.26 Å². The van der Waals surface area contributed by atoms with Gasteiger partial charge in [0.1, 0.15) is 5.69 Å². The molecule has 22 heavy (non-hydrogen) atoms. The molecule has 0 bridgehead atoms. The molecule has 0 aliphatic heterocycles. The molecule has 0 spiro atoms. The van der Waals surface area contributed by atoms with Crippen LogP contribution >= 0.6 is 0 Å². The minimum atomic E-state index is -0.683. The number of anilines is 1. The van der Waals surface area contributed by atoms with E-state index in [1.807, 2.05) is 6.07 Å². The van der Waals surface area contributed by atoms with Crippen LogP contribution in [0.3, 0.4) is 0 Å². The molecule has 0 saturated carbocycles. The predicted molar refractivity (Wildman–Crippen MR) is 78.2 cm³/mol. The van der Waals surface area contributed by atoms with Gasteiger partial charge in [0.05, 0.1) is 27.5 Å². The maximum Gasteiger partial charge on any atom is 0.299 e. The van der Waals surface area contributed by atoms with E-state index in [9.17, 15) is 20.2 Å². The number of nitro groups is 2. The summed E-state index contributed by atoms with van der Waals surface area (Å²) in [6.07, 6.45) is 0. The summed E-state index contributed by atoms with van der Waals surface area (Å²) in [5.74, 6) is 0. The number of nitriles is 1. The predicted octanol–water partition coefficient (Wildman–Crippen LogP) is 2.99. The summed E-state index contributed by atoms with van der Waals surface area (Å²) in [6.45, 7) is 0.296. The highest BCUT2D eigenvalue weighted by Gasteiger charge is 2.19. The molecule has 2 rings (SSSR count). The fourth-order valence-electron chi connectivity index (χ4n) is 1.83. The van der Waals surface area contributed by atoms with Crippen LogP contribution in [0.25, 0.3) is 0 Å². The van der Waals surface area contributed by atoms with E-state index in [0.29, 0.717) is 12.1 Å². The van der Waals surface area contributed by atoms with Gasteiger partial charge in [-0.15, -0.1) is 0 Å². The van der Waals surface area contributed by atoms with Crippen LogP contribution in [0.5, 0.6) is 0 Å². The lowest BCUT2D eigenvalue weighted by atomic mass is 10.1. The Kier molecular flexibility index (Phi) is 4.29. The zero-order valence-electron chi connectivity index (χ0n) is 11.2. The monoisotopic (exact) mass is 298 g/mol. The van der Waals surface area contributed by atoms with E-state index in [1.54, 1.807) is 24.3 Å². The molecule has 8 heteroatoms. The number of hydrogen-bond acceptors (Lipinski definition) is 6. The molecular formula is C14H10N4O4. The Labute approximate surface area is 124 Å². The third kappa shape index (κ3) is 3.34. The second kappa shape index (κ2) is 6.32. The number of benzene rings is 2. The first-order valence-electron chi connectivity index (χ1n) is 6.17. The summed E-state index contributed by atoms with van der Waals surface area (Å²) >= 11 is 0. The molecule has 0 radical (unpaired) electrons. The van der Waals surface area contributed by atoms with E-state index in [0.717, 1.165) is 11.6 Å². The zero-order valence-corrected chi connectivity index (χ0v) is 11.2. The Morgan fingerprint density at radius 3 is 2.27 bits per heavy atom. The first-order valence-corrected chi connectivity index (χ1v) is 6.17. The van der Waals surface area contributed by atoms with E-state index in [1.165, 1.54) is 12.1 Å². The second-order valence-corrected chi connectivity index (χ2v) is 4.38. The molecule has 8 nitrogen and oxygen atoms in total. The summed E-state index contributed by atoms with van der Waals surface area (Å²) < 4.78 is 0. The molecule has 0 fully saturated rings. The topological polar surface area (TPSA) is 122 Å². The fraction of sp³-hybridized carbons (Fsp3) is 0.0714. The van der Waals surface area contributed by atoms with Crippen LogP contribution in [0, 0.1) is 31.6 Å². The van der Waals surface area contributed by atoms with E-state index in [4.69, 9.17) is 5.26 Å². The third-order valence-electron chi connectivity index (χ3n) is 2.95. The summed E-state index contributed by atoms with van der Waals surface area (Å²) in [7, 11) is 0. The van der Waals surface area contributed by atoms with Crippen molar-refractivity contribution in [3.8, 4) is 6.07 Å². The van der Waals surface area contributed by atoms with Gasteiger partial charge < -0.3 is 5.32 Å². The van der Waals surface area contributed by atoms with Gasteiger partial charge in [-0.05, 0) is 23.8 Å². The van der Waals surface area contributed by atoms with Crippen molar-refractivity contribution in [3.05, 3.63) is 73.8 Å². The number of hydrogen-bond donors (Lipinski definition) is 1. The zero-order chi connectivity index (χ0) is 16.1. The van der Waals surface area contributed by atoms with Crippen molar-refractivity contribution in [1.82, 2.24) is 0 Å². The van der Waals surface area contributed by atoms with Crippen molar-refractivity contribution in [2.45, 2.75) is 6.54 Å². The summed E-state index contributed by atoms with van der Waals surface area (Å²) in [6, 6.07) is 12.2. The van der Waals surface area contributed by atoms with Crippen LogP contribution < -0.4 is 5.32 Å². The number of non-ortho nitro benzene ring substituents is 1. The molecule has 0 unspecified atom stereocenters. The van der Waals surface area contributed by atoms with Crippen molar-refractivity contribution in [2.75, 3.05) is 5.32 Å². The minimum absolute atomic E-state index is 0.194. The van der Waals surface area contributed by atoms with Crippen LogP contribution in [0.4, 0.5) is 17.1 Å². The van der Waals surface area contributed by atoms with Crippen LogP contribution in [-0.2, 0) is 6.54 Å². The largest absolute Gasteiger partial charge is 0.375 e. The average molecular weight is 298 g/mol. The van der Waals surface area contributed by atoms with Crippen LogP contribution in [-0.4, -0.2) is 9.85 Å². The Bertz CT molecular complexity index is 765. The fourth-order valence-corrected chi connectivity index (χ4v) is 1.83. The molecule has 0 heterocycles. The van der Waals surface area contributed by atoms with Gasteiger partial charge in [-0.2, -0.15) is 5.26 Å². The molecule has 110 valence electrons. The quantitative estimate of drug-likeness (QED) is 0.668. The first-order chi connectivity index (χ1) is 10.5. The Morgan fingerprint density at radius 2 is 1.73 bits per heavy atom. The summed E-state index contributed by atoms with van der Waals surface area (Å²) in [5, 5.41) is 33.2. The SMILES string of the molecule is N#Cc1ccc(CNc2ccc([N+](=O)[O-])cc2[N+](=O)[O-])cc1. The van der Waals surface area contributed by atoms with Crippen molar-refractivity contribution < 1.29 is 9.85 Å². The highest BCUT2D eigenvalue weighted by Crippen LogP contribution is 2.29. The molecule has 0 atom stereocenters. The lowest BCUT2D eigenvalue weighted by Gasteiger charge is -2.07. The van der Waals surface area contributed by atoms with Crippen molar-refractivity contribution in [3.63, 3.8) is 0 Å². The van der Waals surface area contributed by atoms with E-state index < -0.39 is 9.85 Å². The molecule has 0 aliphatic rings. The first kappa shape index (κ1) is 14.9. The summed E-state index contributed by atoms with van der Waals surface area (Å²) in [4.78, 5) is 20.3. The lowest BCUT2D eigenvalue weighted by Crippen LogP contribution is -2.03. The molecule has 1 N–H and O–H groups in total. The van der Waals surface area contributed by atoms with Gasteiger partial charge in [0, 0.05) is 12.6 Å². The van der Waals surface area contributed by atoms with Gasteiger partial charge in [0.25, 0.3) is 11.4 Å². The molecule has 0 amide bonds. The maximum absolute atomic E-state index is 11.0.